The van der Waals surface area contributed by atoms with Gasteiger partial charge in [0.15, 0.2) is 0 Å². The fraction of sp³-hybridized carbons (Fsp3) is 0.714. The Hall–Kier alpha value is -1.53. The molecule has 21 heavy (non-hydrogen) atoms. The molecule has 1 aromatic rings. The minimum Gasteiger partial charge on any atom is -0.370 e. The van der Waals surface area contributed by atoms with E-state index in [0.29, 0.717) is 6.54 Å². The summed E-state index contributed by atoms with van der Waals surface area (Å²) in [6, 6.07) is 1.66. The third kappa shape index (κ3) is 3.77. The van der Waals surface area contributed by atoms with Gasteiger partial charge in [-0.15, -0.1) is 0 Å². The summed E-state index contributed by atoms with van der Waals surface area (Å²) in [6.07, 6.45) is -1.48. The number of nitrogens with one attached hydrogen (secondary N) is 2. The van der Waals surface area contributed by atoms with Gasteiger partial charge in [-0.3, -0.25) is 0 Å². The van der Waals surface area contributed by atoms with Gasteiger partial charge in [-0.1, -0.05) is 20.3 Å². The van der Waals surface area contributed by atoms with Gasteiger partial charge in [0.2, 0.25) is 5.82 Å². The number of hydrogen-bond donors (Lipinski definition) is 2. The van der Waals surface area contributed by atoms with E-state index >= 15 is 0 Å². The Morgan fingerprint density at radius 3 is 2.48 bits per heavy atom. The number of hydrogen-bond acceptors (Lipinski definition) is 4. The molecule has 0 bridgehead atoms. The Labute approximate surface area is 122 Å². The zero-order chi connectivity index (χ0) is 15.7. The van der Waals surface area contributed by atoms with E-state index in [9.17, 15) is 13.2 Å². The van der Waals surface area contributed by atoms with Gasteiger partial charge in [0, 0.05) is 18.7 Å². The zero-order valence-electron chi connectivity index (χ0n) is 12.5. The van der Waals surface area contributed by atoms with Gasteiger partial charge < -0.3 is 10.6 Å². The molecule has 4 nitrogen and oxygen atoms in total. The number of halogens is 3. The average Bonchev–Trinajstić information content (AvgIpc) is 2.68. The quantitative estimate of drug-likeness (QED) is 0.885. The molecule has 1 aliphatic carbocycles. The number of alkyl halides is 3. The molecule has 0 spiro atoms. The predicted molar refractivity (Wildman–Crippen MR) is 76.2 cm³/mol. The molecule has 1 fully saturated rings. The standard InChI is InChI=1S/C14H21F3N4/c1-4-18-10-8-11(21-12(20-10)14(15,16)17)19-9-6-5-7-13(9,2)3/h8-9H,4-7H2,1-3H3,(H2,18,19,20,21). The van der Waals surface area contributed by atoms with Gasteiger partial charge >= 0.3 is 6.18 Å². The van der Waals surface area contributed by atoms with Crippen LogP contribution < -0.4 is 10.6 Å². The summed E-state index contributed by atoms with van der Waals surface area (Å²) in [5, 5.41) is 5.97. The summed E-state index contributed by atoms with van der Waals surface area (Å²) in [4.78, 5) is 7.15. The molecule has 0 amide bonds. The molecular formula is C14H21F3N4. The molecule has 1 unspecified atom stereocenters. The van der Waals surface area contributed by atoms with Gasteiger partial charge in [0.05, 0.1) is 0 Å². The van der Waals surface area contributed by atoms with Crippen LogP contribution in [0.4, 0.5) is 24.8 Å². The van der Waals surface area contributed by atoms with Crippen molar-refractivity contribution < 1.29 is 13.2 Å². The largest absolute Gasteiger partial charge is 0.451 e. The molecule has 1 atom stereocenters. The lowest BCUT2D eigenvalue weighted by atomic mass is 9.87. The molecule has 1 saturated carbocycles. The Morgan fingerprint density at radius 2 is 1.95 bits per heavy atom. The van der Waals surface area contributed by atoms with Crippen molar-refractivity contribution in [3.8, 4) is 0 Å². The smallest absolute Gasteiger partial charge is 0.370 e. The average molecular weight is 302 g/mol. The van der Waals surface area contributed by atoms with E-state index in [4.69, 9.17) is 0 Å². The van der Waals surface area contributed by atoms with Gasteiger partial charge in [0.25, 0.3) is 0 Å². The van der Waals surface area contributed by atoms with Crippen molar-refractivity contribution >= 4 is 11.6 Å². The third-order valence-corrected chi connectivity index (χ3v) is 3.92. The minimum atomic E-state index is -4.55. The van der Waals surface area contributed by atoms with Crippen LogP contribution in [0, 0.1) is 5.41 Å². The first-order valence-electron chi connectivity index (χ1n) is 7.19. The molecular weight excluding hydrogens is 281 g/mol. The molecule has 118 valence electrons. The van der Waals surface area contributed by atoms with Gasteiger partial charge in [0.1, 0.15) is 11.6 Å². The Bertz CT molecular complexity index is 499. The number of anilines is 2. The monoisotopic (exact) mass is 302 g/mol. The second-order valence-corrected chi connectivity index (χ2v) is 6.07. The molecule has 1 aromatic heterocycles. The second kappa shape index (κ2) is 5.69. The molecule has 7 heteroatoms. The lowest BCUT2D eigenvalue weighted by Crippen LogP contribution is -2.31. The Balaban J connectivity index is 2.28. The van der Waals surface area contributed by atoms with Crippen LogP contribution in [0.5, 0.6) is 0 Å². The maximum absolute atomic E-state index is 12.9. The summed E-state index contributed by atoms with van der Waals surface area (Å²) in [5.74, 6) is -0.689. The van der Waals surface area contributed by atoms with Crippen molar-refractivity contribution in [2.75, 3.05) is 17.2 Å². The molecule has 0 aromatic carbocycles. The first kappa shape index (κ1) is 15.9. The molecule has 0 aliphatic heterocycles. The maximum Gasteiger partial charge on any atom is 0.451 e. The Kier molecular flexibility index (Phi) is 4.30. The summed E-state index contributed by atoms with van der Waals surface area (Å²) in [7, 11) is 0. The van der Waals surface area contributed by atoms with Crippen molar-refractivity contribution in [2.24, 2.45) is 5.41 Å². The van der Waals surface area contributed by atoms with Crippen molar-refractivity contribution in [3.05, 3.63) is 11.9 Å². The van der Waals surface area contributed by atoms with Crippen molar-refractivity contribution in [1.82, 2.24) is 9.97 Å². The van der Waals surface area contributed by atoms with Gasteiger partial charge in [-0.05, 0) is 25.2 Å². The van der Waals surface area contributed by atoms with E-state index in [2.05, 4.69) is 34.4 Å². The van der Waals surface area contributed by atoms with Crippen molar-refractivity contribution in [1.29, 1.82) is 0 Å². The summed E-state index contributed by atoms with van der Waals surface area (Å²) >= 11 is 0. The van der Waals surface area contributed by atoms with Crippen LogP contribution in [-0.2, 0) is 6.18 Å². The fourth-order valence-corrected chi connectivity index (χ4v) is 2.69. The number of nitrogens with zero attached hydrogens (tertiary/aromatic N) is 2. The lowest BCUT2D eigenvalue weighted by molar-refractivity contribution is -0.144. The topological polar surface area (TPSA) is 49.8 Å². The molecule has 2 rings (SSSR count). The Morgan fingerprint density at radius 1 is 1.29 bits per heavy atom. The van der Waals surface area contributed by atoms with Gasteiger partial charge in [-0.25, -0.2) is 9.97 Å². The molecule has 1 heterocycles. The van der Waals surface area contributed by atoms with Gasteiger partial charge in [-0.2, -0.15) is 13.2 Å². The van der Waals surface area contributed by atoms with Crippen LogP contribution in [0.15, 0.2) is 6.07 Å². The van der Waals surface area contributed by atoms with Crippen LogP contribution >= 0.6 is 0 Å². The first-order chi connectivity index (χ1) is 9.72. The van der Waals surface area contributed by atoms with Crippen LogP contribution in [0.2, 0.25) is 0 Å². The van der Waals surface area contributed by atoms with Crippen LogP contribution in [0.25, 0.3) is 0 Å². The fourth-order valence-electron chi connectivity index (χ4n) is 2.69. The first-order valence-corrected chi connectivity index (χ1v) is 7.19. The zero-order valence-corrected chi connectivity index (χ0v) is 12.5. The summed E-state index contributed by atoms with van der Waals surface area (Å²) < 4.78 is 38.6. The minimum absolute atomic E-state index is 0.0572. The van der Waals surface area contributed by atoms with E-state index in [-0.39, 0.29) is 23.1 Å². The van der Waals surface area contributed by atoms with Crippen LogP contribution in [0.3, 0.4) is 0 Å². The number of rotatable bonds is 4. The maximum atomic E-state index is 12.9. The molecule has 0 radical (unpaired) electrons. The highest BCUT2D eigenvalue weighted by atomic mass is 19.4. The highest BCUT2D eigenvalue weighted by molar-refractivity contribution is 5.48. The molecule has 2 N–H and O–H groups in total. The summed E-state index contributed by atoms with van der Waals surface area (Å²) in [5.41, 5.74) is 0.0572. The lowest BCUT2D eigenvalue weighted by Gasteiger charge is -2.28. The molecule has 1 aliphatic rings. The van der Waals surface area contributed by atoms with E-state index < -0.39 is 12.0 Å². The predicted octanol–water partition coefficient (Wildman–Crippen LogP) is 3.92. The highest BCUT2D eigenvalue weighted by Crippen LogP contribution is 2.39. The SMILES string of the molecule is CCNc1cc(NC2CCCC2(C)C)nc(C(F)(F)F)n1. The number of aromatic nitrogens is 2. The normalized spacial score (nSPS) is 21.3. The molecule has 0 saturated heterocycles. The summed E-state index contributed by atoms with van der Waals surface area (Å²) in [6.45, 7) is 6.55. The van der Waals surface area contributed by atoms with E-state index in [1.54, 1.807) is 0 Å². The van der Waals surface area contributed by atoms with E-state index in [0.717, 1.165) is 19.3 Å². The van der Waals surface area contributed by atoms with Crippen molar-refractivity contribution in [3.63, 3.8) is 0 Å². The van der Waals surface area contributed by atoms with Crippen LogP contribution in [0.1, 0.15) is 45.9 Å². The van der Waals surface area contributed by atoms with E-state index in [1.165, 1.54) is 6.07 Å². The van der Waals surface area contributed by atoms with Crippen molar-refractivity contribution in [2.45, 2.75) is 52.3 Å². The highest BCUT2D eigenvalue weighted by Gasteiger charge is 2.37. The second-order valence-electron chi connectivity index (χ2n) is 6.07. The van der Waals surface area contributed by atoms with E-state index in [1.807, 2.05) is 6.92 Å². The third-order valence-electron chi connectivity index (χ3n) is 3.92. The van der Waals surface area contributed by atoms with Crippen LogP contribution in [-0.4, -0.2) is 22.6 Å².